The second-order valence-electron chi connectivity index (χ2n) is 6.03. The van der Waals surface area contributed by atoms with Crippen LogP contribution in [-0.2, 0) is 6.54 Å². The van der Waals surface area contributed by atoms with E-state index in [2.05, 4.69) is 47.1 Å². The first kappa shape index (κ1) is 13.1. The van der Waals surface area contributed by atoms with Gasteiger partial charge in [0.05, 0.1) is 12.3 Å². The highest BCUT2D eigenvalue weighted by Gasteiger charge is 2.37. The van der Waals surface area contributed by atoms with Crippen molar-refractivity contribution < 1.29 is 5.11 Å². The van der Waals surface area contributed by atoms with E-state index in [9.17, 15) is 5.11 Å². The summed E-state index contributed by atoms with van der Waals surface area (Å²) >= 11 is 0. The van der Waals surface area contributed by atoms with Gasteiger partial charge in [-0.3, -0.25) is 9.80 Å². The maximum absolute atomic E-state index is 9.53. The molecule has 0 amide bonds. The molecule has 1 aromatic carbocycles. The van der Waals surface area contributed by atoms with Crippen molar-refractivity contribution >= 4 is 0 Å². The van der Waals surface area contributed by atoms with E-state index >= 15 is 0 Å². The van der Waals surface area contributed by atoms with E-state index in [0.29, 0.717) is 12.2 Å². The summed E-state index contributed by atoms with van der Waals surface area (Å²) in [5, 5.41) is 9.53. The van der Waals surface area contributed by atoms with Gasteiger partial charge in [-0.25, -0.2) is 0 Å². The molecule has 0 aliphatic carbocycles. The zero-order valence-corrected chi connectivity index (χ0v) is 11.7. The van der Waals surface area contributed by atoms with Crippen molar-refractivity contribution in [3.8, 4) is 0 Å². The van der Waals surface area contributed by atoms with Gasteiger partial charge >= 0.3 is 0 Å². The first-order valence-electron chi connectivity index (χ1n) is 7.46. The van der Waals surface area contributed by atoms with E-state index in [1.165, 1.54) is 24.8 Å². The molecule has 2 heterocycles. The molecule has 0 spiro atoms. The van der Waals surface area contributed by atoms with Crippen LogP contribution in [0.15, 0.2) is 30.3 Å². The van der Waals surface area contributed by atoms with Gasteiger partial charge < -0.3 is 5.11 Å². The van der Waals surface area contributed by atoms with Crippen molar-refractivity contribution in [3.05, 3.63) is 35.9 Å². The number of hydrogen-bond acceptors (Lipinski definition) is 3. The lowest BCUT2D eigenvalue weighted by molar-refractivity contribution is -0.102. The van der Waals surface area contributed by atoms with Gasteiger partial charge in [-0.1, -0.05) is 30.3 Å². The van der Waals surface area contributed by atoms with Crippen molar-refractivity contribution in [2.24, 2.45) is 0 Å². The van der Waals surface area contributed by atoms with Gasteiger partial charge in [0.2, 0.25) is 0 Å². The van der Waals surface area contributed by atoms with Gasteiger partial charge in [0.1, 0.15) is 0 Å². The Morgan fingerprint density at radius 2 is 1.89 bits per heavy atom. The quantitative estimate of drug-likeness (QED) is 0.901. The van der Waals surface area contributed by atoms with E-state index in [4.69, 9.17) is 0 Å². The van der Waals surface area contributed by atoms with Gasteiger partial charge in [-0.05, 0) is 31.7 Å². The molecule has 2 atom stereocenters. The summed E-state index contributed by atoms with van der Waals surface area (Å²) in [5.41, 5.74) is 1.39. The van der Waals surface area contributed by atoms with Crippen molar-refractivity contribution in [2.75, 3.05) is 13.1 Å². The summed E-state index contributed by atoms with van der Waals surface area (Å²) in [5.74, 6) is 0. The normalized spacial score (nSPS) is 30.2. The number of rotatable bonds is 3. The topological polar surface area (TPSA) is 26.7 Å². The predicted molar refractivity (Wildman–Crippen MR) is 76.7 cm³/mol. The monoisotopic (exact) mass is 260 g/mol. The van der Waals surface area contributed by atoms with E-state index in [1.54, 1.807) is 0 Å². The molecule has 1 N–H and O–H groups in total. The molecule has 2 aliphatic heterocycles. The lowest BCUT2D eigenvalue weighted by Crippen LogP contribution is -2.62. The van der Waals surface area contributed by atoms with Crippen molar-refractivity contribution in [3.63, 3.8) is 0 Å². The van der Waals surface area contributed by atoms with Gasteiger partial charge in [-0.15, -0.1) is 0 Å². The maximum atomic E-state index is 9.53. The molecule has 2 unspecified atom stereocenters. The van der Waals surface area contributed by atoms with Crippen LogP contribution in [0.3, 0.4) is 0 Å². The van der Waals surface area contributed by atoms with Gasteiger partial charge in [-0.2, -0.15) is 0 Å². The molecule has 104 valence electrons. The zero-order valence-electron chi connectivity index (χ0n) is 11.7. The van der Waals surface area contributed by atoms with Crippen molar-refractivity contribution in [1.82, 2.24) is 9.80 Å². The highest BCUT2D eigenvalue weighted by atomic mass is 16.3. The molecule has 3 nitrogen and oxygen atoms in total. The summed E-state index contributed by atoms with van der Waals surface area (Å²) in [4.78, 5) is 5.05. The minimum atomic E-state index is -0.101. The molecular formula is C16H24N2O. The third kappa shape index (κ3) is 2.83. The summed E-state index contributed by atoms with van der Waals surface area (Å²) in [7, 11) is 0. The molecular weight excluding hydrogens is 236 g/mol. The molecule has 19 heavy (non-hydrogen) atoms. The van der Waals surface area contributed by atoms with E-state index in [-0.39, 0.29) is 6.10 Å². The third-order valence-electron chi connectivity index (χ3n) is 4.55. The highest BCUT2D eigenvalue weighted by Crippen LogP contribution is 2.29. The lowest BCUT2D eigenvalue weighted by Gasteiger charge is -2.51. The van der Waals surface area contributed by atoms with Crippen LogP contribution in [0, 0.1) is 0 Å². The van der Waals surface area contributed by atoms with Crippen LogP contribution >= 0.6 is 0 Å². The van der Waals surface area contributed by atoms with Crippen LogP contribution in [0.5, 0.6) is 0 Å². The molecule has 2 saturated heterocycles. The Hall–Kier alpha value is -0.900. The van der Waals surface area contributed by atoms with Gasteiger partial charge in [0.25, 0.3) is 0 Å². The Morgan fingerprint density at radius 1 is 1.16 bits per heavy atom. The standard InChI is InChI=1S/C16H24N2O/c1-13-6-5-9-16(17-11-15(19)12-17)18(13)10-14-7-3-2-4-8-14/h2-4,7-8,13,15-16,19H,5-6,9-12H2,1H3. The Kier molecular flexibility index (Phi) is 3.87. The van der Waals surface area contributed by atoms with Crippen LogP contribution in [0.25, 0.3) is 0 Å². The van der Waals surface area contributed by atoms with E-state index in [1.807, 2.05) is 0 Å². The second kappa shape index (κ2) is 5.61. The Morgan fingerprint density at radius 3 is 2.58 bits per heavy atom. The van der Waals surface area contributed by atoms with E-state index in [0.717, 1.165) is 19.6 Å². The summed E-state index contributed by atoms with van der Waals surface area (Å²) in [6, 6.07) is 11.4. The van der Waals surface area contributed by atoms with Crippen molar-refractivity contribution in [1.29, 1.82) is 0 Å². The third-order valence-corrected chi connectivity index (χ3v) is 4.55. The molecule has 0 aromatic heterocycles. The number of hydrogen-bond donors (Lipinski definition) is 1. The number of piperidine rings is 1. The Balaban J connectivity index is 1.71. The van der Waals surface area contributed by atoms with Crippen LogP contribution in [0.4, 0.5) is 0 Å². The molecule has 1 aromatic rings. The SMILES string of the molecule is CC1CCCC(N2CC(O)C2)N1Cc1ccccc1. The molecule has 3 heteroatoms. The van der Waals surface area contributed by atoms with Crippen molar-refractivity contribution in [2.45, 2.75) is 51.0 Å². The van der Waals surface area contributed by atoms with Crippen LogP contribution < -0.4 is 0 Å². The number of β-amino-alcohol motifs (C(OH)–C–C–N with tert-alkyl or cyclic N) is 1. The Bertz CT molecular complexity index is 402. The molecule has 3 rings (SSSR count). The fraction of sp³-hybridized carbons (Fsp3) is 0.625. The smallest absolute Gasteiger partial charge is 0.0795 e. The van der Waals surface area contributed by atoms with Crippen LogP contribution in [0.2, 0.25) is 0 Å². The largest absolute Gasteiger partial charge is 0.390 e. The first-order valence-corrected chi connectivity index (χ1v) is 7.46. The predicted octanol–water partition coefficient (Wildman–Crippen LogP) is 2.06. The molecule has 0 bridgehead atoms. The number of aliphatic hydroxyl groups is 1. The van der Waals surface area contributed by atoms with Gasteiger partial charge in [0, 0.05) is 25.7 Å². The van der Waals surface area contributed by atoms with E-state index < -0.39 is 0 Å². The lowest BCUT2D eigenvalue weighted by atomic mass is 9.96. The van der Waals surface area contributed by atoms with Gasteiger partial charge in [0.15, 0.2) is 0 Å². The number of likely N-dealkylation sites (tertiary alicyclic amines) is 2. The molecule has 2 fully saturated rings. The number of benzene rings is 1. The highest BCUT2D eigenvalue weighted by molar-refractivity contribution is 5.15. The minimum absolute atomic E-state index is 0.101. The Labute approximate surface area is 115 Å². The van der Waals surface area contributed by atoms with Crippen LogP contribution in [-0.4, -0.2) is 46.3 Å². The molecule has 0 radical (unpaired) electrons. The number of nitrogens with zero attached hydrogens (tertiary/aromatic N) is 2. The fourth-order valence-electron chi connectivity index (χ4n) is 3.40. The average Bonchev–Trinajstić information content (AvgIpc) is 2.39. The summed E-state index contributed by atoms with van der Waals surface area (Å²) in [6.45, 7) is 5.07. The summed E-state index contributed by atoms with van der Waals surface area (Å²) < 4.78 is 0. The maximum Gasteiger partial charge on any atom is 0.0795 e. The number of aliphatic hydroxyl groups excluding tert-OH is 1. The zero-order chi connectivity index (χ0) is 13.2. The minimum Gasteiger partial charge on any atom is -0.390 e. The fourth-order valence-corrected chi connectivity index (χ4v) is 3.40. The summed E-state index contributed by atoms with van der Waals surface area (Å²) in [6.07, 6.45) is 4.26. The van der Waals surface area contributed by atoms with Crippen LogP contribution in [0.1, 0.15) is 31.7 Å². The average molecular weight is 260 g/mol. The second-order valence-corrected chi connectivity index (χ2v) is 6.03. The molecule has 2 aliphatic rings. The first-order chi connectivity index (χ1) is 9.24. The molecule has 0 saturated carbocycles.